The van der Waals surface area contributed by atoms with E-state index in [0.717, 1.165) is 17.8 Å². The van der Waals surface area contributed by atoms with Crippen molar-refractivity contribution in [3.8, 4) is 5.75 Å². The molecular formula is C10H15NOS. The summed E-state index contributed by atoms with van der Waals surface area (Å²) >= 11 is 1.71. The van der Waals surface area contributed by atoms with Crippen molar-refractivity contribution >= 4 is 11.3 Å². The lowest BCUT2D eigenvalue weighted by molar-refractivity contribution is 0.397. The van der Waals surface area contributed by atoms with Gasteiger partial charge >= 0.3 is 0 Å². The predicted octanol–water partition coefficient (Wildman–Crippen LogP) is 2.58. The normalized spacial score (nSPS) is 23.3. The largest absolute Gasteiger partial charge is 0.507 e. The Morgan fingerprint density at radius 3 is 2.92 bits per heavy atom. The topological polar surface area (TPSA) is 32.3 Å². The number of aryl methyl sites for hydroxylation is 1. The van der Waals surface area contributed by atoms with Crippen LogP contribution < -0.4 is 5.32 Å². The Morgan fingerprint density at radius 2 is 2.38 bits per heavy atom. The van der Waals surface area contributed by atoms with Crippen molar-refractivity contribution in [1.29, 1.82) is 0 Å². The third kappa shape index (κ3) is 1.86. The predicted molar refractivity (Wildman–Crippen MR) is 55.3 cm³/mol. The molecule has 2 rings (SSSR count). The first kappa shape index (κ1) is 9.03. The van der Waals surface area contributed by atoms with E-state index in [1.165, 1.54) is 17.7 Å². The number of piperidine rings is 1. The molecule has 1 aromatic rings. The molecule has 0 aromatic carbocycles. The van der Waals surface area contributed by atoms with Crippen LogP contribution in [0.25, 0.3) is 0 Å². The van der Waals surface area contributed by atoms with E-state index < -0.39 is 0 Å². The van der Waals surface area contributed by atoms with Gasteiger partial charge in [-0.15, -0.1) is 11.3 Å². The minimum absolute atomic E-state index is 0.396. The quantitative estimate of drug-likeness (QED) is 0.725. The van der Waals surface area contributed by atoms with Crippen LogP contribution in [0.3, 0.4) is 0 Å². The fourth-order valence-corrected chi connectivity index (χ4v) is 2.87. The molecular weight excluding hydrogens is 182 g/mol. The third-order valence-electron chi connectivity index (χ3n) is 2.49. The minimum atomic E-state index is 0.396. The molecule has 2 nitrogen and oxygen atoms in total. The van der Waals surface area contributed by atoms with E-state index >= 15 is 0 Å². The average Bonchev–Trinajstić information content (AvgIpc) is 2.47. The summed E-state index contributed by atoms with van der Waals surface area (Å²) < 4.78 is 0. The molecule has 1 saturated heterocycles. The zero-order chi connectivity index (χ0) is 9.26. The van der Waals surface area contributed by atoms with Crippen molar-refractivity contribution < 1.29 is 5.11 Å². The molecule has 13 heavy (non-hydrogen) atoms. The molecule has 2 heterocycles. The standard InChI is InChI=1S/C10H15NOS/c1-7-6-9(12)10(13-7)8-4-2-3-5-11-8/h6,8,11-12H,2-5H2,1H3. The average molecular weight is 197 g/mol. The van der Waals surface area contributed by atoms with Crippen LogP contribution in [0.4, 0.5) is 0 Å². The summed E-state index contributed by atoms with van der Waals surface area (Å²) in [7, 11) is 0. The Kier molecular flexibility index (Phi) is 2.56. The van der Waals surface area contributed by atoms with E-state index in [9.17, 15) is 5.11 Å². The van der Waals surface area contributed by atoms with Gasteiger partial charge in [0.1, 0.15) is 5.75 Å². The van der Waals surface area contributed by atoms with E-state index in [4.69, 9.17) is 0 Å². The second kappa shape index (κ2) is 3.68. The van der Waals surface area contributed by atoms with Crippen LogP contribution in [0.15, 0.2) is 6.07 Å². The van der Waals surface area contributed by atoms with E-state index in [-0.39, 0.29) is 0 Å². The van der Waals surface area contributed by atoms with Crippen LogP contribution in [0.5, 0.6) is 5.75 Å². The molecule has 1 atom stereocenters. The lowest BCUT2D eigenvalue weighted by Crippen LogP contribution is -2.26. The van der Waals surface area contributed by atoms with Crippen LogP contribution in [0, 0.1) is 6.92 Å². The molecule has 0 aliphatic carbocycles. The Hall–Kier alpha value is -0.540. The molecule has 72 valence electrons. The Bertz CT molecular complexity index is 289. The maximum Gasteiger partial charge on any atom is 0.131 e. The monoisotopic (exact) mass is 197 g/mol. The van der Waals surface area contributed by atoms with Gasteiger partial charge in [0.15, 0.2) is 0 Å². The molecule has 0 amide bonds. The van der Waals surface area contributed by atoms with Crippen LogP contribution in [-0.2, 0) is 0 Å². The third-order valence-corrected chi connectivity index (χ3v) is 3.64. The first-order valence-electron chi connectivity index (χ1n) is 4.80. The maximum absolute atomic E-state index is 9.65. The summed E-state index contributed by atoms with van der Waals surface area (Å²) in [5.74, 6) is 0.474. The van der Waals surface area contributed by atoms with Crippen molar-refractivity contribution in [3.63, 3.8) is 0 Å². The second-order valence-corrected chi connectivity index (χ2v) is 4.90. The van der Waals surface area contributed by atoms with E-state index in [1.54, 1.807) is 11.3 Å². The Balaban J connectivity index is 2.18. The minimum Gasteiger partial charge on any atom is -0.507 e. The summed E-state index contributed by atoms with van der Waals surface area (Å²) in [5, 5.41) is 13.1. The number of rotatable bonds is 1. The number of hydrogen-bond acceptors (Lipinski definition) is 3. The van der Waals surface area contributed by atoms with Gasteiger partial charge in [0.25, 0.3) is 0 Å². The molecule has 0 spiro atoms. The fourth-order valence-electron chi connectivity index (χ4n) is 1.84. The lowest BCUT2D eigenvalue weighted by Gasteiger charge is -2.22. The maximum atomic E-state index is 9.65. The fraction of sp³-hybridized carbons (Fsp3) is 0.600. The smallest absolute Gasteiger partial charge is 0.131 e. The van der Waals surface area contributed by atoms with Crippen molar-refractivity contribution in [2.24, 2.45) is 0 Å². The molecule has 2 N–H and O–H groups in total. The zero-order valence-corrected chi connectivity index (χ0v) is 8.66. The van der Waals surface area contributed by atoms with E-state index in [1.807, 2.05) is 13.0 Å². The molecule has 1 unspecified atom stereocenters. The number of hydrogen-bond donors (Lipinski definition) is 2. The van der Waals surface area contributed by atoms with E-state index in [2.05, 4.69) is 5.32 Å². The highest BCUT2D eigenvalue weighted by atomic mass is 32.1. The van der Waals surface area contributed by atoms with Gasteiger partial charge in [0.05, 0.1) is 4.88 Å². The Labute approximate surface area is 82.6 Å². The molecule has 3 heteroatoms. The van der Waals surface area contributed by atoms with Gasteiger partial charge in [0.2, 0.25) is 0 Å². The van der Waals surface area contributed by atoms with Gasteiger partial charge in [-0.2, -0.15) is 0 Å². The van der Waals surface area contributed by atoms with Gasteiger partial charge in [-0.05, 0) is 32.4 Å². The molecule has 0 saturated carbocycles. The first-order chi connectivity index (χ1) is 6.27. The molecule has 0 radical (unpaired) electrons. The highest BCUT2D eigenvalue weighted by Gasteiger charge is 2.19. The second-order valence-electron chi connectivity index (χ2n) is 3.61. The molecule has 1 aliphatic heterocycles. The van der Waals surface area contributed by atoms with Crippen LogP contribution in [0.2, 0.25) is 0 Å². The SMILES string of the molecule is Cc1cc(O)c(C2CCCCN2)s1. The van der Waals surface area contributed by atoms with Gasteiger partial charge < -0.3 is 10.4 Å². The molecule has 1 aromatic heterocycles. The number of nitrogens with one attached hydrogen (secondary N) is 1. The summed E-state index contributed by atoms with van der Waals surface area (Å²) in [5.41, 5.74) is 0. The van der Waals surface area contributed by atoms with Crippen LogP contribution >= 0.6 is 11.3 Å². The van der Waals surface area contributed by atoms with Gasteiger partial charge in [-0.3, -0.25) is 0 Å². The summed E-state index contributed by atoms with van der Waals surface area (Å²) in [6.07, 6.45) is 3.70. The van der Waals surface area contributed by atoms with Gasteiger partial charge in [-0.25, -0.2) is 0 Å². The van der Waals surface area contributed by atoms with Crippen LogP contribution in [-0.4, -0.2) is 11.7 Å². The highest BCUT2D eigenvalue weighted by Crippen LogP contribution is 2.36. The molecule has 1 fully saturated rings. The van der Waals surface area contributed by atoms with Crippen molar-refractivity contribution in [3.05, 3.63) is 15.8 Å². The summed E-state index contributed by atoms with van der Waals surface area (Å²) in [6.45, 7) is 3.12. The lowest BCUT2D eigenvalue weighted by atomic mass is 10.0. The van der Waals surface area contributed by atoms with Crippen LogP contribution in [0.1, 0.15) is 35.1 Å². The Morgan fingerprint density at radius 1 is 1.54 bits per heavy atom. The number of thiophene rings is 1. The molecule has 0 bridgehead atoms. The summed E-state index contributed by atoms with van der Waals surface area (Å²) in [6, 6.07) is 2.25. The van der Waals surface area contributed by atoms with Crippen molar-refractivity contribution in [2.75, 3.05) is 6.54 Å². The van der Waals surface area contributed by atoms with E-state index in [0.29, 0.717) is 11.8 Å². The van der Waals surface area contributed by atoms with Crippen molar-refractivity contribution in [1.82, 2.24) is 5.32 Å². The first-order valence-corrected chi connectivity index (χ1v) is 5.61. The van der Waals surface area contributed by atoms with Crippen molar-refractivity contribution in [2.45, 2.75) is 32.2 Å². The zero-order valence-electron chi connectivity index (χ0n) is 7.84. The number of aromatic hydroxyl groups is 1. The van der Waals surface area contributed by atoms with Gasteiger partial charge in [0, 0.05) is 10.9 Å². The molecule has 1 aliphatic rings. The summed E-state index contributed by atoms with van der Waals surface area (Å²) in [4.78, 5) is 2.32. The van der Waals surface area contributed by atoms with Gasteiger partial charge in [-0.1, -0.05) is 6.42 Å². The highest BCUT2D eigenvalue weighted by molar-refractivity contribution is 7.12.